The van der Waals surface area contributed by atoms with Crippen LogP contribution in [-0.4, -0.2) is 29.1 Å². The smallest absolute Gasteiger partial charge is 0.356 e. The Morgan fingerprint density at radius 1 is 1.40 bits per heavy atom. The zero-order valence-corrected chi connectivity index (χ0v) is 9.90. The molecule has 1 rings (SSSR count). The van der Waals surface area contributed by atoms with E-state index >= 15 is 0 Å². The molecular weight excluding hydrogens is 208 g/mol. The predicted octanol–water partition coefficient (Wildman–Crippen LogP) is 1.40. The number of carbonyl (C=O) groups is 1. The summed E-state index contributed by atoms with van der Waals surface area (Å²) in [6.45, 7) is 6.32. The first-order valence-corrected chi connectivity index (χ1v) is 7.97. The molecule has 0 unspecified atom stereocenters. The van der Waals surface area contributed by atoms with Crippen molar-refractivity contribution in [2.24, 2.45) is 0 Å². The van der Waals surface area contributed by atoms with Crippen LogP contribution in [0.2, 0.25) is 19.6 Å². The number of hydrogen-bond donors (Lipinski definition) is 1. The summed E-state index contributed by atoms with van der Waals surface area (Å²) in [4.78, 5) is 18.3. The molecule has 78 valence electrons. The molecule has 1 heterocycles. The average Bonchev–Trinajstić information content (AvgIpc) is 2.14. The fourth-order valence-corrected chi connectivity index (χ4v) is 1.28. The summed E-state index contributed by atoms with van der Waals surface area (Å²) in [5.74, 6) is 1.77. The second kappa shape index (κ2) is 4.23. The third-order valence-electron chi connectivity index (χ3n) is 1.42. The zero-order chi connectivity index (χ0) is 11.5. The molecule has 1 aromatic heterocycles. The highest BCUT2D eigenvalue weighted by atomic mass is 28.3. The molecule has 1 aromatic rings. The number of hydrogen-bond acceptors (Lipinski definition) is 3. The molecule has 0 spiro atoms. The van der Waals surface area contributed by atoms with Gasteiger partial charge >= 0.3 is 5.97 Å². The molecule has 0 atom stereocenters. The van der Waals surface area contributed by atoms with E-state index in [1.165, 1.54) is 12.4 Å². The van der Waals surface area contributed by atoms with Gasteiger partial charge in [-0.1, -0.05) is 25.6 Å². The maximum Gasteiger partial charge on any atom is 0.356 e. The van der Waals surface area contributed by atoms with E-state index in [4.69, 9.17) is 5.11 Å². The molecule has 0 fully saturated rings. The Morgan fingerprint density at radius 2 is 2.07 bits per heavy atom. The molecule has 0 aliphatic carbocycles. The van der Waals surface area contributed by atoms with Crippen molar-refractivity contribution in [1.82, 2.24) is 9.97 Å². The summed E-state index contributed by atoms with van der Waals surface area (Å²) in [5, 5.41) is 8.70. The van der Waals surface area contributed by atoms with Crippen molar-refractivity contribution in [3.05, 3.63) is 23.8 Å². The lowest BCUT2D eigenvalue weighted by molar-refractivity contribution is 0.0690. The monoisotopic (exact) mass is 220 g/mol. The van der Waals surface area contributed by atoms with Crippen LogP contribution >= 0.6 is 0 Å². The second-order valence-electron chi connectivity index (χ2n) is 4.09. The van der Waals surface area contributed by atoms with Crippen molar-refractivity contribution >= 4 is 14.0 Å². The van der Waals surface area contributed by atoms with E-state index in [1.807, 2.05) is 0 Å². The number of carboxylic acid groups (broad SMARTS) is 1. The molecule has 0 saturated heterocycles. The molecule has 0 aliphatic heterocycles. The van der Waals surface area contributed by atoms with Crippen molar-refractivity contribution in [1.29, 1.82) is 0 Å². The van der Waals surface area contributed by atoms with Crippen LogP contribution in [0.5, 0.6) is 0 Å². The fraction of sp³-hybridized carbons (Fsp3) is 0.300. The highest BCUT2D eigenvalue weighted by Crippen LogP contribution is 1.99. The van der Waals surface area contributed by atoms with Crippen LogP contribution in [0.25, 0.3) is 0 Å². The first kappa shape index (κ1) is 11.4. The maximum atomic E-state index is 10.6. The Labute approximate surface area is 89.4 Å². The molecule has 0 aliphatic rings. The topological polar surface area (TPSA) is 63.1 Å². The second-order valence-corrected chi connectivity index (χ2v) is 8.84. The van der Waals surface area contributed by atoms with Gasteiger partial charge in [-0.25, -0.2) is 9.78 Å². The Kier molecular flexibility index (Phi) is 3.22. The minimum absolute atomic E-state index is 0.0719. The summed E-state index contributed by atoms with van der Waals surface area (Å²) in [6, 6.07) is 0. The molecule has 0 amide bonds. The first-order valence-electron chi connectivity index (χ1n) is 4.47. The van der Waals surface area contributed by atoms with Gasteiger partial charge in [-0.15, -0.1) is 5.54 Å². The molecule has 1 N–H and O–H groups in total. The van der Waals surface area contributed by atoms with Crippen LogP contribution in [0.3, 0.4) is 0 Å². The summed E-state index contributed by atoms with van der Waals surface area (Å²) in [6.07, 6.45) is 2.68. The van der Waals surface area contributed by atoms with Crippen LogP contribution in [0.1, 0.15) is 16.2 Å². The van der Waals surface area contributed by atoms with E-state index in [2.05, 4.69) is 41.1 Å². The van der Waals surface area contributed by atoms with Crippen molar-refractivity contribution in [3.8, 4) is 11.5 Å². The van der Waals surface area contributed by atoms with Gasteiger partial charge in [0.2, 0.25) is 0 Å². The van der Waals surface area contributed by atoms with Crippen LogP contribution in [0.4, 0.5) is 0 Å². The first-order chi connectivity index (χ1) is 6.88. The Hall–Kier alpha value is -1.67. The lowest BCUT2D eigenvalue weighted by Crippen LogP contribution is -2.16. The van der Waals surface area contributed by atoms with Gasteiger partial charge in [0, 0.05) is 0 Å². The van der Waals surface area contributed by atoms with Gasteiger partial charge in [0.25, 0.3) is 0 Å². The SMILES string of the molecule is C[Si](C)(C)C#Cc1cncc(C(=O)O)n1. The number of aromatic carboxylic acids is 1. The van der Waals surface area contributed by atoms with E-state index in [9.17, 15) is 4.79 Å². The molecule has 5 heteroatoms. The molecule has 0 saturated carbocycles. The van der Waals surface area contributed by atoms with Crippen LogP contribution < -0.4 is 0 Å². The normalized spacial score (nSPS) is 10.3. The molecule has 0 bridgehead atoms. The number of nitrogens with zero attached hydrogens (tertiary/aromatic N) is 2. The average molecular weight is 220 g/mol. The standard InChI is InChI=1S/C10H12N2O2Si/c1-15(2,3)5-4-8-6-11-7-9(12-8)10(13)14/h6-7H,1-3H3,(H,13,14). The van der Waals surface area contributed by atoms with Gasteiger partial charge in [0.05, 0.1) is 12.4 Å². The Bertz CT molecular complexity index is 441. The third kappa shape index (κ3) is 3.91. The molecular formula is C10H12N2O2Si. The van der Waals surface area contributed by atoms with Crippen molar-refractivity contribution in [2.75, 3.05) is 0 Å². The van der Waals surface area contributed by atoms with Gasteiger partial charge in [-0.3, -0.25) is 4.98 Å². The van der Waals surface area contributed by atoms with Gasteiger partial charge in [0.15, 0.2) is 5.69 Å². The Balaban J connectivity index is 3.00. The van der Waals surface area contributed by atoms with E-state index in [0.29, 0.717) is 5.69 Å². The molecule has 0 aromatic carbocycles. The number of carboxylic acids is 1. The van der Waals surface area contributed by atoms with E-state index in [1.54, 1.807) is 0 Å². The van der Waals surface area contributed by atoms with Crippen molar-refractivity contribution in [3.63, 3.8) is 0 Å². The van der Waals surface area contributed by atoms with Gasteiger partial charge in [-0.2, -0.15) is 0 Å². The largest absolute Gasteiger partial charge is 0.476 e. The molecule has 4 nitrogen and oxygen atoms in total. The summed E-state index contributed by atoms with van der Waals surface area (Å²) in [5.41, 5.74) is 3.44. The third-order valence-corrected chi connectivity index (χ3v) is 2.29. The van der Waals surface area contributed by atoms with Crippen LogP contribution in [-0.2, 0) is 0 Å². The Morgan fingerprint density at radius 3 is 2.60 bits per heavy atom. The summed E-state index contributed by atoms with van der Waals surface area (Å²) >= 11 is 0. The van der Waals surface area contributed by atoms with Crippen molar-refractivity contribution in [2.45, 2.75) is 19.6 Å². The van der Waals surface area contributed by atoms with Gasteiger partial charge in [-0.05, 0) is 0 Å². The predicted molar refractivity (Wildman–Crippen MR) is 59.2 cm³/mol. The minimum Gasteiger partial charge on any atom is -0.476 e. The molecule has 0 radical (unpaired) electrons. The van der Waals surface area contributed by atoms with E-state index in [-0.39, 0.29) is 5.69 Å². The minimum atomic E-state index is -1.46. The van der Waals surface area contributed by atoms with Crippen LogP contribution in [0, 0.1) is 11.5 Å². The summed E-state index contributed by atoms with van der Waals surface area (Å²) in [7, 11) is -1.46. The highest BCUT2D eigenvalue weighted by Gasteiger charge is 2.08. The number of aromatic nitrogens is 2. The lowest BCUT2D eigenvalue weighted by Gasteiger charge is -2.02. The quantitative estimate of drug-likeness (QED) is 0.574. The summed E-state index contributed by atoms with van der Waals surface area (Å²) < 4.78 is 0. The van der Waals surface area contributed by atoms with Gasteiger partial charge in [0.1, 0.15) is 13.8 Å². The van der Waals surface area contributed by atoms with E-state index in [0.717, 1.165) is 0 Å². The maximum absolute atomic E-state index is 10.6. The fourth-order valence-electron chi connectivity index (χ4n) is 0.781. The molecule has 15 heavy (non-hydrogen) atoms. The lowest BCUT2D eigenvalue weighted by atomic mass is 10.4. The van der Waals surface area contributed by atoms with Crippen molar-refractivity contribution < 1.29 is 9.90 Å². The number of rotatable bonds is 1. The zero-order valence-electron chi connectivity index (χ0n) is 8.90. The van der Waals surface area contributed by atoms with Gasteiger partial charge < -0.3 is 5.11 Å². The van der Waals surface area contributed by atoms with E-state index < -0.39 is 14.0 Å². The van der Waals surface area contributed by atoms with Crippen LogP contribution in [0.15, 0.2) is 12.4 Å². The highest BCUT2D eigenvalue weighted by molar-refractivity contribution is 6.83.